The van der Waals surface area contributed by atoms with Crippen molar-refractivity contribution in [3.05, 3.63) is 67.3 Å². The Kier molecular flexibility index (Phi) is 6.49. The average Bonchev–Trinajstić information content (AvgIpc) is 2.98. The van der Waals surface area contributed by atoms with E-state index in [4.69, 9.17) is 4.74 Å². The number of hydrogen-bond acceptors (Lipinski definition) is 5. The molecule has 7 heteroatoms. The first kappa shape index (κ1) is 19.7. The summed E-state index contributed by atoms with van der Waals surface area (Å²) in [5.41, 5.74) is 1.41. The van der Waals surface area contributed by atoms with Gasteiger partial charge in [-0.15, -0.1) is 6.58 Å². The van der Waals surface area contributed by atoms with Crippen LogP contribution >= 0.6 is 11.8 Å². The molecule has 1 heterocycles. The van der Waals surface area contributed by atoms with E-state index in [1.807, 2.05) is 54.6 Å². The molecule has 2 aromatic rings. The zero-order valence-corrected chi connectivity index (χ0v) is 16.3. The number of anilines is 1. The molecule has 1 fully saturated rings. The Hall–Kier alpha value is -3.06. The Morgan fingerprint density at radius 1 is 1.25 bits per heavy atom. The summed E-state index contributed by atoms with van der Waals surface area (Å²) in [5, 5.41) is 2.87. The van der Waals surface area contributed by atoms with Gasteiger partial charge in [0.05, 0.1) is 12.8 Å². The lowest BCUT2D eigenvalue weighted by Gasteiger charge is -2.13. The summed E-state index contributed by atoms with van der Waals surface area (Å²) < 4.78 is 5.15. The normalized spacial score (nSPS) is 17.6. The number of methoxy groups -OCH3 is 1. The number of nitrogens with zero attached hydrogens (tertiary/aromatic N) is 2. The zero-order chi connectivity index (χ0) is 19.9. The van der Waals surface area contributed by atoms with Gasteiger partial charge in [-0.05, 0) is 36.4 Å². The number of aliphatic imine (C=N–C) groups is 1. The molecule has 3 rings (SSSR count). The van der Waals surface area contributed by atoms with E-state index in [1.54, 1.807) is 18.1 Å². The molecular weight excluding hydrogens is 374 g/mol. The second-order valence-electron chi connectivity index (χ2n) is 6.05. The van der Waals surface area contributed by atoms with Crippen LogP contribution in [0, 0.1) is 0 Å². The molecule has 0 spiro atoms. The number of carbonyl (C=O) groups is 2. The highest BCUT2D eigenvalue weighted by molar-refractivity contribution is 8.15. The van der Waals surface area contributed by atoms with Crippen LogP contribution in [0.2, 0.25) is 0 Å². The second kappa shape index (κ2) is 9.23. The molecule has 144 valence electrons. The van der Waals surface area contributed by atoms with Gasteiger partial charge in [0, 0.05) is 18.7 Å². The van der Waals surface area contributed by atoms with Gasteiger partial charge < -0.3 is 10.1 Å². The highest BCUT2D eigenvalue weighted by Gasteiger charge is 2.38. The topological polar surface area (TPSA) is 71.0 Å². The minimum atomic E-state index is -0.513. The molecule has 1 aliphatic rings. The molecule has 0 aliphatic carbocycles. The maximum atomic E-state index is 12.8. The van der Waals surface area contributed by atoms with Crippen LogP contribution in [-0.2, 0) is 9.59 Å². The number of ether oxygens (including phenoxy) is 1. The summed E-state index contributed by atoms with van der Waals surface area (Å²) in [4.78, 5) is 31.2. The van der Waals surface area contributed by atoms with Crippen LogP contribution in [0.15, 0.2) is 72.2 Å². The minimum Gasteiger partial charge on any atom is -0.497 e. The number of hydrogen-bond donors (Lipinski definition) is 1. The lowest BCUT2D eigenvalue weighted by Crippen LogP contribution is -2.33. The number of nitrogens with one attached hydrogen (secondary N) is 1. The molecule has 0 saturated carbocycles. The molecular formula is C21H21N3O3S. The van der Waals surface area contributed by atoms with Crippen molar-refractivity contribution < 1.29 is 14.3 Å². The number of carbonyl (C=O) groups excluding carboxylic acids is 2. The first-order chi connectivity index (χ1) is 13.6. The van der Waals surface area contributed by atoms with Crippen LogP contribution < -0.4 is 10.1 Å². The van der Waals surface area contributed by atoms with Crippen LogP contribution in [0.3, 0.4) is 0 Å². The summed E-state index contributed by atoms with van der Waals surface area (Å²) in [6.45, 7) is 4.06. The van der Waals surface area contributed by atoms with Crippen LogP contribution in [0.25, 0.3) is 0 Å². The molecule has 0 radical (unpaired) electrons. The van der Waals surface area contributed by atoms with E-state index in [9.17, 15) is 9.59 Å². The van der Waals surface area contributed by atoms with Crippen molar-refractivity contribution in [2.45, 2.75) is 11.7 Å². The molecule has 1 saturated heterocycles. The molecule has 1 atom stereocenters. The summed E-state index contributed by atoms with van der Waals surface area (Å²) in [7, 11) is 1.60. The van der Waals surface area contributed by atoms with Crippen LogP contribution in [-0.4, -0.2) is 40.8 Å². The van der Waals surface area contributed by atoms with Crippen LogP contribution in [0.5, 0.6) is 5.75 Å². The van der Waals surface area contributed by atoms with Crippen molar-refractivity contribution in [2.75, 3.05) is 19.0 Å². The maximum absolute atomic E-state index is 12.8. The van der Waals surface area contributed by atoms with E-state index in [0.29, 0.717) is 23.1 Å². The Morgan fingerprint density at radius 2 is 1.96 bits per heavy atom. The number of benzene rings is 2. The van der Waals surface area contributed by atoms with Gasteiger partial charge in [0.1, 0.15) is 11.0 Å². The Bertz CT molecular complexity index is 882. The van der Waals surface area contributed by atoms with Gasteiger partial charge in [-0.1, -0.05) is 36.0 Å². The molecule has 0 bridgehead atoms. The number of para-hydroxylation sites is 1. The molecule has 1 N–H and O–H groups in total. The molecule has 6 nitrogen and oxygen atoms in total. The minimum absolute atomic E-state index is 0.0771. The van der Waals surface area contributed by atoms with Crippen molar-refractivity contribution in [1.82, 2.24) is 4.90 Å². The fourth-order valence-electron chi connectivity index (χ4n) is 2.69. The Balaban J connectivity index is 1.73. The van der Waals surface area contributed by atoms with Gasteiger partial charge in [0.15, 0.2) is 5.17 Å². The maximum Gasteiger partial charge on any atom is 0.242 e. The van der Waals surface area contributed by atoms with Gasteiger partial charge >= 0.3 is 0 Å². The third kappa shape index (κ3) is 4.80. The standard InChI is InChI=1S/C21H21N3O3S/c1-3-13-24-20(26)18(14-19(25)22-15-7-5-4-6-8-15)28-21(24)23-16-9-11-17(27-2)12-10-16/h3-12,18H,1,13-14H2,2H3,(H,22,25)/t18-/m0/s1. The first-order valence-corrected chi connectivity index (χ1v) is 9.65. The van der Waals surface area contributed by atoms with Crippen molar-refractivity contribution in [3.63, 3.8) is 0 Å². The largest absolute Gasteiger partial charge is 0.497 e. The van der Waals surface area contributed by atoms with Crippen molar-refractivity contribution >= 4 is 40.1 Å². The summed E-state index contributed by atoms with van der Waals surface area (Å²) in [5.74, 6) is 0.388. The molecule has 1 aliphatic heterocycles. The smallest absolute Gasteiger partial charge is 0.242 e. The molecule has 2 aromatic carbocycles. The van der Waals surface area contributed by atoms with Gasteiger partial charge in [0.2, 0.25) is 11.8 Å². The average molecular weight is 395 g/mol. The predicted molar refractivity (Wildman–Crippen MR) is 113 cm³/mol. The summed E-state index contributed by atoms with van der Waals surface area (Å²) in [6, 6.07) is 16.4. The molecule has 0 aromatic heterocycles. The van der Waals surface area contributed by atoms with Crippen molar-refractivity contribution in [3.8, 4) is 5.75 Å². The monoisotopic (exact) mass is 395 g/mol. The lowest BCUT2D eigenvalue weighted by molar-refractivity contribution is -0.127. The number of amides is 2. The third-order valence-electron chi connectivity index (χ3n) is 4.06. The molecule has 2 amide bonds. The highest BCUT2D eigenvalue weighted by Crippen LogP contribution is 2.32. The predicted octanol–water partition coefficient (Wildman–Crippen LogP) is 3.84. The Morgan fingerprint density at radius 3 is 2.61 bits per heavy atom. The number of amidine groups is 1. The van der Waals surface area contributed by atoms with E-state index in [0.717, 1.165) is 5.75 Å². The Labute approximate surface area is 168 Å². The first-order valence-electron chi connectivity index (χ1n) is 8.77. The van der Waals surface area contributed by atoms with E-state index in [1.165, 1.54) is 11.8 Å². The van der Waals surface area contributed by atoms with Crippen LogP contribution in [0.1, 0.15) is 6.42 Å². The summed E-state index contributed by atoms with van der Waals surface area (Å²) >= 11 is 1.30. The van der Waals surface area contributed by atoms with Gasteiger partial charge in [-0.3, -0.25) is 14.5 Å². The number of rotatable bonds is 7. The number of thioether (sulfide) groups is 1. The van der Waals surface area contributed by atoms with Gasteiger partial charge in [-0.2, -0.15) is 0 Å². The van der Waals surface area contributed by atoms with E-state index < -0.39 is 5.25 Å². The second-order valence-corrected chi connectivity index (χ2v) is 7.22. The van der Waals surface area contributed by atoms with Gasteiger partial charge in [0.25, 0.3) is 0 Å². The quantitative estimate of drug-likeness (QED) is 0.723. The van der Waals surface area contributed by atoms with E-state index >= 15 is 0 Å². The van der Waals surface area contributed by atoms with E-state index in [2.05, 4.69) is 16.9 Å². The highest BCUT2D eigenvalue weighted by atomic mass is 32.2. The molecule has 28 heavy (non-hydrogen) atoms. The SMILES string of the molecule is C=CCN1C(=O)[C@H](CC(=O)Nc2ccccc2)SC1=Nc1ccc(OC)cc1. The fraction of sp³-hybridized carbons (Fsp3) is 0.190. The lowest BCUT2D eigenvalue weighted by atomic mass is 10.2. The molecule has 0 unspecified atom stereocenters. The van der Waals surface area contributed by atoms with Gasteiger partial charge in [-0.25, -0.2) is 4.99 Å². The zero-order valence-electron chi connectivity index (χ0n) is 15.5. The van der Waals surface area contributed by atoms with Crippen molar-refractivity contribution in [2.24, 2.45) is 4.99 Å². The summed E-state index contributed by atoms with van der Waals surface area (Å²) in [6.07, 6.45) is 1.72. The third-order valence-corrected chi connectivity index (χ3v) is 5.23. The van der Waals surface area contributed by atoms with E-state index in [-0.39, 0.29) is 18.2 Å². The van der Waals surface area contributed by atoms with Crippen molar-refractivity contribution in [1.29, 1.82) is 0 Å². The van der Waals surface area contributed by atoms with Crippen LogP contribution in [0.4, 0.5) is 11.4 Å². The fourth-order valence-corrected chi connectivity index (χ4v) is 3.86.